The molecule has 0 saturated carbocycles. The van der Waals surface area contributed by atoms with E-state index in [-0.39, 0.29) is 11.9 Å². The second kappa shape index (κ2) is 7.93. The lowest BCUT2D eigenvalue weighted by Gasteiger charge is -2.11. The first-order valence-electron chi connectivity index (χ1n) is 7.98. The van der Waals surface area contributed by atoms with Crippen LogP contribution in [0.4, 0.5) is 0 Å². The molecule has 0 radical (unpaired) electrons. The maximum Gasteiger partial charge on any atom is 0.226 e. The second-order valence-corrected chi connectivity index (χ2v) is 6.77. The molecule has 0 bridgehead atoms. The minimum atomic E-state index is -0.00869. The van der Waals surface area contributed by atoms with Gasteiger partial charge in [0.15, 0.2) is 0 Å². The zero-order chi connectivity index (χ0) is 16.8. The van der Waals surface area contributed by atoms with E-state index in [1.165, 1.54) is 5.56 Å². The highest BCUT2D eigenvalue weighted by molar-refractivity contribution is 7.09. The standard InChI is InChI=1S/C19H20N2O2S/c1-14(10-17-8-5-9-23-17)20-18(22)12-16-13-24-19(21-16)11-15-6-3-2-4-7-15/h2-9,13-14H,10-12H2,1H3,(H,20,22). The Labute approximate surface area is 145 Å². The van der Waals surface area contributed by atoms with E-state index in [9.17, 15) is 4.79 Å². The summed E-state index contributed by atoms with van der Waals surface area (Å²) in [7, 11) is 0. The molecule has 24 heavy (non-hydrogen) atoms. The van der Waals surface area contributed by atoms with Gasteiger partial charge in [-0.3, -0.25) is 4.79 Å². The molecule has 0 aliphatic rings. The van der Waals surface area contributed by atoms with Crippen molar-refractivity contribution in [3.8, 4) is 0 Å². The quantitative estimate of drug-likeness (QED) is 0.715. The van der Waals surface area contributed by atoms with Crippen molar-refractivity contribution in [1.29, 1.82) is 0 Å². The molecule has 0 saturated heterocycles. The first kappa shape index (κ1) is 16.5. The Hall–Kier alpha value is -2.40. The molecule has 2 heterocycles. The molecule has 0 aliphatic carbocycles. The average molecular weight is 340 g/mol. The maximum atomic E-state index is 12.1. The van der Waals surface area contributed by atoms with Crippen LogP contribution in [0.15, 0.2) is 58.5 Å². The summed E-state index contributed by atoms with van der Waals surface area (Å²) in [5.74, 6) is 0.868. The molecule has 4 nitrogen and oxygen atoms in total. The molecule has 0 aliphatic heterocycles. The van der Waals surface area contributed by atoms with Crippen LogP contribution in [-0.2, 0) is 24.1 Å². The molecule has 1 atom stereocenters. The molecule has 3 aromatic rings. The number of furan rings is 1. The third kappa shape index (κ3) is 4.80. The van der Waals surface area contributed by atoms with Crippen LogP contribution in [0, 0.1) is 0 Å². The van der Waals surface area contributed by atoms with E-state index in [1.54, 1.807) is 17.6 Å². The van der Waals surface area contributed by atoms with Gasteiger partial charge in [-0.2, -0.15) is 0 Å². The van der Waals surface area contributed by atoms with Crippen molar-refractivity contribution in [2.75, 3.05) is 0 Å². The van der Waals surface area contributed by atoms with Gasteiger partial charge < -0.3 is 9.73 Å². The highest BCUT2D eigenvalue weighted by Crippen LogP contribution is 2.15. The average Bonchev–Trinajstić information content (AvgIpc) is 3.20. The van der Waals surface area contributed by atoms with Gasteiger partial charge in [-0.15, -0.1) is 11.3 Å². The highest BCUT2D eigenvalue weighted by atomic mass is 32.1. The van der Waals surface area contributed by atoms with Crippen LogP contribution in [0.25, 0.3) is 0 Å². The number of aromatic nitrogens is 1. The minimum Gasteiger partial charge on any atom is -0.469 e. The highest BCUT2D eigenvalue weighted by Gasteiger charge is 2.12. The number of amides is 1. The van der Waals surface area contributed by atoms with E-state index in [1.807, 2.05) is 42.6 Å². The van der Waals surface area contributed by atoms with Crippen molar-refractivity contribution in [3.05, 3.63) is 76.1 Å². The second-order valence-electron chi connectivity index (χ2n) is 5.82. The van der Waals surface area contributed by atoms with Gasteiger partial charge in [-0.05, 0) is 24.6 Å². The Balaban J connectivity index is 1.49. The largest absolute Gasteiger partial charge is 0.469 e. The van der Waals surface area contributed by atoms with Crippen LogP contribution in [0.3, 0.4) is 0 Å². The normalized spacial score (nSPS) is 12.0. The van der Waals surface area contributed by atoms with E-state index >= 15 is 0 Å². The van der Waals surface area contributed by atoms with Crippen LogP contribution >= 0.6 is 11.3 Å². The van der Waals surface area contributed by atoms with E-state index < -0.39 is 0 Å². The molecule has 5 heteroatoms. The number of rotatable bonds is 7. The zero-order valence-electron chi connectivity index (χ0n) is 13.6. The van der Waals surface area contributed by atoms with Crippen LogP contribution in [0.5, 0.6) is 0 Å². The molecule has 3 rings (SSSR count). The van der Waals surface area contributed by atoms with E-state index in [4.69, 9.17) is 4.42 Å². The van der Waals surface area contributed by atoms with E-state index in [0.29, 0.717) is 12.8 Å². The lowest BCUT2D eigenvalue weighted by Crippen LogP contribution is -2.35. The molecular formula is C19H20N2O2S. The summed E-state index contributed by atoms with van der Waals surface area (Å²) in [6.45, 7) is 1.97. The number of benzene rings is 1. The predicted octanol–water partition coefficient (Wildman–Crippen LogP) is 3.62. The fraction of sp³-hybridized carbons (Fsp3) is 0.263. The van der Waals surface area contributed by atoms with Crippen molar-refractivity contribution in [1.82, 2.24) is 10.3 Å². The molecule has 2 aromatic heterocycles. The van der Waals surface area contributed by atoms with Crippen molar-refractivity contribution in [2.45, 2.75) is 32.2 Å². The zero-order valence-corrected chi connectivity index (χ0v) is 14.4. The van der Waals surface area contributed by atoms with Crippen LogP contribution < -0.4 is 5.32 Å². The SMILES string of the molecule is CC(Cc1ccco1)NC(=O)Cc1csc(Cc2ccccc2)n1. The topological polar surface area (TPSA) is 55.1 Å². The first-order valence-corrected chi connectivity index (χ1v) is 8.86. The van der Waals surface area contributed by atoms with Crippen LogP contribution in [-0.4, -0.2) is 16.9 Å². The van der Waals surface area contributed by atoms with Gasteiger partial charge in [0.2, 0.25) is 5.91 Å². The summed E-state index contributed by atoms with van der Waals surface area (Å²) in [6, 6.07) is 14.0. The smallest absolute Gasteiger partial charge is 0.226 e. The van der Waals surface area contributed by atoms with Gasteiger partial charge >= 0.3 is 0 Å². The van der Waals surface area contributed by atoms with Gasteiger partial charge in [0, 0.05) is 24.3 Å². The number of hydrogen-bond acceptors (Lipinski definition) is 4. The molecule has 1 unspecified atom stereocenters. The Morgan fingerprint density at radius 2 is 2.08 bits per heavy atom. The monoisotopic (exact) mass is 340 g/mol. The maximum absolute atomic E-state index is 12.1. The van der Waals surface area contributed by atoms with Gasteiger partial charge in [0.05, 0.1) is 23.4 Å². The fourth-order valence-corrected chi connectivity index (χ4v) is 3.38. The predicted molar refractivity (Wildman–Crippen MR) is 95.1 cm³/mol. The van der Waals surface area contributed by atoms with Crippen molar-refractivity contribution >= 4 is 17.2 Å². The molecule has 0 spiro atoms. The first-order chi connectivity index (χ1) is 11.7. The summed E-state index contributed by atoms with van der Waals surface area (Å²) in [4.78, 5) is 16.7. The number of hydrogen-bond donors (Lipinski definition) is 1. The van der Waals surface area contributed by atoms with E-state index in [0.717, 1.165) is 22.9 Å². The number of carbonyl (C=O) groups excluding carboxylic acids is 1. The minimum absolute atomic E-state index is 0.00869. The van der Waals surface area contributed by atoms with Gasteiger partial charge in [0.1, 0.15) is 5.76 Å². The van der Waals surface area contributed by atoms with Crippen molar-refractivity contribution in [2.24, 2.45) is 0 Å². The third-order valence-electron chi connectivity index (χ3n) is 3.63. The van der Waals surface area contributed by atoms with Gasteiger partial charge in [-0.25, -0.2) is 4.98 Å². The molecule has 0 fully saturated rings. The summed E-state index contributed by atoms with van der Waals surface area (Å²) in [5.41, 5.74) is 2.06. The third-order valence-corrected chi connectivity index (χ3v) is 4.53. The Bertz CT molecular complexity index is 766. The van der Waals surface area contributed by atoms with Gasteiger partial charge in [0.25, 0.3) is 0 Å². The lowest BCUT2D eigenvalue weighted by molar-refractivity contribution is -0.121. The van der Waals surface area contributed by atoms with Crippen LogP contribution in [0.2, 0.25) is 0 Å². The van der Waals surface area contributed by atoms with Gasteiger partial charge in [-0.1, -0.05) is 30.3 Å². The summed E-state index contributed by atoms with van der Waals surface area (Å²) < 4.78 is 5.30. The molecule has 1 N–H and O–H groups in total. The Kier molecular flexibility index (Phi) is 5.43. The summed E-state index contributed by atoms with van der Waals surface area (Å²) in [5, 5.41) is 5.99. The van der Waals surface area contributed by atoms with Crippen LogP contribution in [0.1, 0.15) is 28.9 Å². The number of thiazole rings is 1. The number of nitrogens with zero attached hydrogens (tertiary/aromatic N) is 1. The lowest BCUT2D eigenvalue weighted by atomic mass is 10.2. The Morgan fingerprint density at radius 3 is 2.83 bits per heavy atom. The molecular weight excluding hydrogens is 320 g/mol. The fourth-order valence-electron chi connectivity index (χ4n) is 2.55. The van der Waals surface area contributed by atoms with Crippen molar-refractivity contribution in [3.63, 3.8) is 0 Å². The summed E-state index contributed by atoms with van der Waals surface area (Å²) in [6.07, 6.45) is 3.46. The molecule has 1 aromatic carbocycles. The number of nitrogens with one attached hydrogen (secondary N) is 1. The Morgan fingerprint density at radius 1 is 1.25 bits per heavy atom. The van der Waals surface area contributed by atoms with Crippen molar-refractivity contribution < 1.29 is 9.21 Å². The number of carbonyl (C=O) groups is 1. The molecule has 124 valence electrons. The summed E-state index contributed by atoms with van der Waals surface area (Å²) >= 11 is 1.60. The molecule has 1 amide bonds. The van der Waals surface area contributed by atoms with E-state index in [2.05, 4.69) is 22.4 Å².